The molecule has 8 aromatic rings. The molecule has 53 heavy (non-hydrogen) atoms. The fraction of sp³-hybridized carbons (Fsp3) is 0.0526. The maximum absolute atomic E-state index is 12.1. The lowest BCUT2D eigenvalue weighted by atomic mass is 9.97. The molecule has 2 heterocycles. The first-order valence-corrected chi connectivity index (χ1v) is 20.1. The maximum Gasteiger partial charge on any atom is 0.277 e. The summed E-state index contributed by atoms with van der Waals surface area (Å²) in [5.74, 6) is 0. The molecular weight excluding hydrogens is 749 g/mol. The first-order valence-electron chi connectivity index (χ1n) is 15.8. The smallest absolute Gasteiger partial charge is 0.258 e. The molecule has 2 aromatic heterocycles. The van der Waals surface area contributed by atoms with Crippen molar-refractivity contribution in [3.05, 3.63) is 142 Å². The Morgan fingerprint density at radius 1 is 0.509 bits per heavy atom. The second-order valence-electron chi connectivity index (χ2n) is 11.4. The van der Waals surface area contributed by atoms with E-state index in [9.17, 15) is 24.4 Å². The summed E-state index contributed by atoms with van der Waals surface area (Å²) in [5.41, 5.74) is 8.95. The first kappa shape index (κ1) is 35.7. The van der Waals surface area contributed by atoms with Crippen LogP contribution in [0.25, 0.3) is 66.6 Å². The molecule has 0 bridgehead atoms. The summed E-state index contributed by atoms with van der Waals surface area (Å²) >= 11 is 3.85. The Balaban J connectivity index is 0.000000164. The molecule has 11 nitrogen and oxygen atoms in total. The van der Waals surface area contributed by atoms with E-state index < -0.39 is 15.7 Å². The van der Waals surface area contributed by atoms with Crippen molar-refractivity contribution >= 4 is 79.5 Å². The Labute approximate surface area is 317 Å². The van der Waals surface area contributed by atoms with Crippen LogP contribution in [0.1, 0.15) is 0 Å². The molecule has 1 unspecified atom stereocenters. The third-order valence-corrected chi connectivity index (χ3v) is 11.3. The average Bonchev–Trinajstić information content (AvgIpc) is 3.89. The van der Waals surface area contributed by atoms with Crippen molar-refractivity contribution in [2.45, 2.75) is 9.79 Å². The van der Waals surface area contributed by atoms with Crippen molar-refractivity contribution in [1.82, 2.24) is 17.5 Å². The third-order valence-electron chi connectivity index (χ3n) is 8.50. The lowest BCUT2D eigenvalue weighted by Crippen LogP contribution is -1.95. The number of thioether (sulfide) groups is 1. The van der Waals surface area contributed by atoms with Gasteiger partial charge in [0, 0.05) is 56.0 Å². The predicted octanol–water partition coefficient (Wildman–Crippen LogP) is 10.3. The normalized spacial score (nSPS) is 11.6. The van der Waals surface area contributed by atoms with E-state index in [1.165, 1.54) is 12.1 Å². The zero-order valence-corrected chi connectivity index (χ0v) is 31.2. The molecule has 0 radical (unpaired) electrons. The lowest BCUT2D eigenvalue weighted by molar-refractivity contribution is -0.384. The van der Waals surface area contributed by atoms with Crippen molar-refractivity contribution in [1.29, 1.82) is 0 Å². The Morgan fingerprint density at radius 2 is 0.868 bits per heavy atom. The Morgan fingerprint density at radius 3 is 1.30 bits per heavy atom. The first-order chi connectivity index (χ1) is 25.8. The van der Waals surface area contributed by atoms with Gasteiger partial charge in [-0.3, -0.25) is 24.4 Å². The number of nitro groups is 2. The van der Waals surface area contributed by atoms with Gasteiger partial charge in [-0.1, -0.05) is 84.9 Å². The average molecular weight is 775 g/mol. The van der Waals surface area contributed by atoms with Crippen LogP contribution in [0.15, 0.2) is 131 Å². The zero-order valence-electron chi connectivity index (χ0n) is 27.9. The minimum Gasteiger partial charge on any atom is -0.258 e. The van der Waals surface area contributed by atoms with Crippen LogP contribution in [0, 0.1) is 20.2 Å². The molecule has 0 amide bonds. The molecular formula is C38H26N6O5S4. The molecule has 8 rings (SSSR count). The van der Waals surface area contributed by atoms with Crippen molar-refractivity contribution in [2.75, 3.05) is 12.5 Å². The molecule has 15 heteroatoms. The van der Waals surface area contributed by atoms with E-state index in [0.29, 0.717) is 38.1 Å². The second kappa shape index (κ2) is 15.5. The summed E-state index contributed by atoms with van der Waals surface area (Å²) in [6.07, 6.45) is 3.67. The van der Waals surface area contributed by atoms with E-state index in [1.54, 1.807) is 54.4 Å². The van der Waals surface area contributed by atoms with E-state index in [-0.39, 0.29) is 16.3 Å². The number of fused-ring (bicyclic) bond motifs is 2. The summed E-state index contributed by atoms with van der Waals surface area (Å²) in [4.78, 5) is 23.9. The van der Waals surface area contributed by atoms with Crippen LogP contribution in [0.4, 0.5) is 11.4 Å². The quantitative estimate of drug-likeness (QED) is 0.0827. The van der Waals surface area contributed by atoms with Crippen LogP contribution >= 0.6 is 35.2 Å². The molecule has 262 valence electrons. The van der Waals surface area contributed by atoms with Crippen LogP contribution < -0.4 is 0 Å². The minimum atomic E-state index is -1.16. The molecule has 0 saturated carbocycles. The fourth-order valence-electron chi connectivity index (χ4n) is 6.13. The highest BCUT2D eigenvalue weighted by molar-refractivity contribution is 7.98. The molecule has 0 N–H and O–H groups in total. The van der Waals surface area contributed by atoms with Gasteiger partial charge in [0.05, 0.1) is 55.2 Å². The number of nitrogens with zero attached hydrogens (tertiary/aromatic N) is 6. The highest BCUT2D eigenvalue weighted by atomic mass is 32.2. The van der Waals surface area contributed by atoms with Gasteiger partial charge in [0.15, 0.2) is 0 Å². The monoisotopic (exact) mass is 774 g/mol. The Bertz CT molecular complexity index is 2600. The van der Waals surface area contributed by atoms with Crippen LogP contribution in [0.2, 0.25) is 0 Å². The van der Waals surface area contributed by atoms with E-state index in [0.717, 1.165) is 61.7 Å². The van der Waals surface area contributed by atoms with E-state index in [2.05, 4.69) is 29.6 Å². The Hall–Kier alpha value is -5.74. The summed E-state index contributed by atoms with van der Waals surface area (Å²) in [6, 6.07) is 36.5. The summed E-state index contributed by atoms with van der Waals surface area (Å²) in [5, 5.41) is 22.8. The standard InChI is InChI=1S/C19H13N3O3S2.C19H13N3O2S2/c1-27(25)17-9-5-3-7-13(17)15-11-10-14(18-19(15)21-26-20-18)12-6-2-4-8-16(12)22(23)24;1-25-17-9-5-3-7-13(17)15-11-10-14(18-19(15)21-26-20-18)12-6-2-4-8-16(12)22(23)24/h2-11H,1H3;2-11H,1H3. The van der Waals surface area contributed by atoms with Crippen molar-refractivity contribution in [3.8, 4) is 44.5 Å². The van der Waals surface area contributed by atoms with E-state index in [4.69, 9.17) is 0 Å². The number of hydrogen-bond acceptors (Lipinski definition) is 12. The molecule has 0 aliphatic rings. The van der Waals surface area contributed by atoms with Gasteiger partial charge < -0.3 is 0 Å². The highest BCUT2D eigenvalue weighted by Crippen LogP contribution is 2.41. The molecule has 0 saturated heterocycles. The SMILES string of the molecule is CS(=O)c1ccccc1-c1ccc(-c2ccccc2[N+](=O)[O-])c2nsnc12.CSc1ccccc1-c1ccc(-c2ccccc2[N+](=O)[O-])c2nsnc12. The lowest BCUT2D eigenvalue weighted by Gasteiger charge is -2.10. The third kappa shape index (κ3) is 6.94. The predicted molar refractivity (Wildman–Crippen MR) is 214 cm³/mol. The summed E-state index contributed by atoms with van der Waals surface area (Å²) in [6.45, 7) is 0. The summed E-state index contributed by atoms with van der Waals surface area (Å²) in [7, 11) is -1.16. The van der Waals surface area contributed by atoms with Gasteiger partial charge >= 0.3 is 0 Å². The van der Waals surface area contributed by atoms with Gasteiger partial charge in [0.25, 0.3) is 11.4 Å². The second-order valence-corrected chi connectivity index (χ2v) is 14.7. The molecule has 0 spiro atoms. The van der Waals surface area contributed by atoms with Gasteiger partial charge in [0.2, 0.25) is 0 Å². The number of benzene rings is 6. The van der Waals surface area contributed by atoms with Gasteiger partial charge in [-0.25, -0.2) is 0 Å². The van der Waals surface area contributed by atoms with Crippen LogP contribution in [0.3, 0.4) is 0 Å². The van der Waals surface area contributed by atoms with E-state index >= 15 is 0 Å². The van der Waals surface area contributed by atoms with Crippen molar-refractivity contribution in [2.24, 2.45) is 0 Å². The van der Waals surface area contributed by atoms with Gasteiger partial charge in [-0.05, 0) is 36.1 Å². The van der Waals surface area contributed by atoms with Crippen LogP contribution in [0.5, 0.6) is 0 Å². The van der Waals surface area contributed by atoms with Gasteiger partial charge in [-0.2, -0.15) is 17.5 Å². The fourth-order valence-corrected chi connectivity index (χ4v) is 8.65. The van der Waals surface area contributed by atoms with E-state index in [1.807, 2.05) is 66.9 Å². The molecule has 0 aliphatic carbocycles. The van der Waals surface area contributed by atoms with Gasteiger partial charge in [-0.15, -0.1) is 11.8 Å². The number of rotatable bonds is 8. The molecule has 0 fully saturated rings. The molecule has 0 aliphatic heterocycles. The number of aromatic nitrogens is 4. The number of nitro benzene ring substituents is 2. The minimum absolute atomic E-state index is 0.0228. The van der Waals surface area contributed by atoms with Crippen molar-refractivity contribution in [3.63, 3.8) is 0 Å². The molecule has 1 atom stereocenters. The number of hydrogen-bond donors (Lipinski definition) is 0. The summed E-state index contributed by atoms with van der Waals surface area (Å²) < 4.78 is 29.9. The largest absolute Gasteiger partial charge is 0.277 e. The highest BCUT2D eigenvalue weighted by Gasteiger charge is 2.22. The molecule has 6 aromatic carbocycles. The van der Waals surface area contributed by atoms with Gasteiger partial charge in [0.1, 0.15) is 22.1 Å². The zero-order chi connectivity index (χ0) is 37.1. The maximum atomic E-state index is 12.1. The van der Waals surface area contributed by atoms with Crippen molar-refractivity contribution < 1.29 is 14.1 Å². The number of para-hydroxylation sites is 2. The van der Waals surface area contributed by atoms with Crippen LogP contribution in [-0.4, -0.2) is 44.1 Å². The van der Waals surface area contributed by atoms with Crippen LogP contribution in [-0.2, 0) is 10.8 Å². The topological polar surface area (TPSA) is 155 Å². The Kier molecular flexibility index (Phi) is 10.4.